The van der Waals surface area contributed by atoms with Gasteiger partial charge in [0.25, 0.3) is 0 Å². The first-order valence-corrected chi connectivity index (χ1v) is 12.1. The molecule has 36 heavy (non-hydrogen) atoms. The minimum absolute atomic E-state index is 0.0445. The fourth-order valence-electron chi connectivity index (χ4n) is 5.30. The van der Waals surface area contributed by atoms with E-state index in [9.17, 15) is 9.59 Å². The Morgan fingerprint density at radius 2 is 1.53 bits per heavy atom. The van der Waals surface area contributed by atoms with E-state index in [2.05, 4.69) is 0 Å². The second-order valence-corrected chi connectivity index (χ2v) is 9.29. The number of carbonyl (C=O) groups excluding carboxylic acids is 2. The van der Waals surface area contributed by atoms with E-state index >= 15 is 0 Å². The molecule has 0 N–H and O–H groups in total. The molecule has 0 spiro atoms. The van der Waals surface area contributed by atoms with Gasteiger partial charge >= 0.3 is 11.9 Å². The molecule has 2 aromatic carbocycles. The molecule has 0 bridgehead atoms. The van der Waals surface area contributed by atoms with Crippen LogP contribution in [0.3, 0.4) is 0 Å². The Bertz CT molecular complexity index is 1210. The number of hydrogen-bond donors (Lipinski definition) is 0. The predicted molar refractivity (Wildman–Crippen MR) is 128 cm³/mol. The Hall–Kier alpha value is -3.04. The molecule has 2 aliphatic heterocycles. The summed E-state index contributed by atoms with van der Waals surface area (Å²) in [5.41, 5.74) is 1.71. The van der Waals surface area contributed by atoms with Crippen molar-refractivity contribution in [2.45, 2.75) is 25.4 Å². The fraction of sp³-hybridized carbons (Fsp3) is 0.440. The van der Waals surface area contributed by atoms with Gasteiger partial charge in [-0.25, -0.2) is 0 Å². The summed E-state index contributed by atoms with van der Waals surface area (Å²) in [6.45, 7) is 1.82. The Kier molecular flexibility index (Phi) is 6.46. The highest BCUT2D eigenvalue weighted by atomic mass is 35.5. The molecule has 4 atom stereocenters. The molecule has 1 fully saturated rings. The third-order valence-corrected chi connectivity index (χ3v) is 7.62. The van der Waals surface area contributed by atoms with Crippen LogP contribution in [-0.2, 0) is 19.1 Å². The summed E-state index contributed by atoms with van der Waals surface area (Å²) in [7, 11) is 4.33. The molecule has 2 heterocycles. The van der Waals surface area contributed by atoms with Gasteiger partial charge in [-0.05, 0) is 17.7 Å². The molecule has 0 saturated carbocycles. The van der Waals surface area contributed by atoms with Gasteiger partial charge in [0.15, 0.2) is 23.0 Å². The van der Waals surface area contributed by atoms with E-state index in [0.717, 1.165) is 0 Å². The first-order valence-electron chi connectivity index (χ1n) is 11.3. The molecule has 1 aliphatic carbocycles. The maximum atomic E-state index is 13.2. The molecule has 1 saturated heterocycles. The summed E-state index contributed by atoms with van der Waals surface area (Å²) in [4.78, 5) is 25.6. The number of benzene rings is 2. The Morgan fingerprint density at radius 3 is 2.08 bits per heavy atom. The van der Waals surface area contributed by atoms with Crippen molar-refractivity contribution in [2.75, 3.05) is 34.7 Å². The molecule has 0 radical (unpaired) electrons. The van der Waals surface area contributed by atoms with E-state index in [1.807, 2.05) is 0 Å². The second kappa shape index (κ2) is 9.44. The lowest BCUT2D eigenvalue weighted by atomic mass is 9.66. The maximum absolute atomic E-state index is 13.2. The second-order valence-electron chi connectivity index (χ2n) is 8.54. The van der Waals surface area contributed by atoms with Gasteiger partial charge in [0.05, 0.1) is 43.9 Å². The van der Waals surface area contributed by atoms with Crippen LogP contribution in [0.1, 0.15) is 42.1 Å². The van der Waals surface area contributed by atoms with Gasteiger partial charge in [0.1, 0.15) is 6.10 Å². The van der Waals surface area contributed by atoms with E-state index in [1.165, 1.54) is 21.3 Å². The molecule has 192 valence electrons. The highest BCUT2D eigenvalue weighted by molar-refractivity contribution is 6.38. The van der Waals surface area contributed by atoms with Crippen molar-refractivity contribution in [1.82, 2.24) is 0 Å². The fourth-order valence-corrected chi connectivity index (χ4v) is 6.10. The van der Waals surface area contributed by atoms with Crippen LogP contribution in [0.5, 0.6) is 28.7 Å². The van der Waals surface area contributed by atoms with Gasteiger partial charge in [-0.3, -0.25) is 9.59 Å². The monoisotopic (exact) mass is 538 g/mol. The number of halogens is 2. The average molecular weight is 539 g/mol. The minimum atomic E-state index is -0.759. The highest BCUT2D eigenvalue weighted by Gasteiger charge is 2.55. The molecule has 2 aromatic rings. The number of methoxy groups -OCH3 is 3. The van der Waals surface area contributed by atoms with Gasteiger partial charge in [0, 0.05) is 29.4 Å². The molecule has 0 amide bonds. The lowest BCUT2D eigenvalue weighted by molar-refractivity contribution is -0.154. The largest absolute Gasteiger partial charge is 0.491 e. The third kappa shape index (κ3) is 3.59. The van der Waals surface area contributed by atoms with Gasteiger partial charge in [-0.2, -0.15) is 0 Å². The van der Waals surface area contributed by atoms with E-state index < -0.39 is 35.8 Å². The third-order valence-electron chi connectivity index (χ3n) is 6.87. The first kappa shape index (κ1) is 24.6. The normalized spacial score (nSPS) is 23.4. The van der Waals surface area contributed by atoms with Crippen LogP contribution >= 0.6 is 23.2 Å². The summed E-state index contributed by atoms with van der Waals surface area (Å²) < 4.78 is 39.2. The van der Waals surface area contributed by atoms with E-state index in [-0.39, 0.29) is 47.1 Å². The van der Waals surface area contributed by atoms with Crippen LogP contribution in [0.15, 0.2) is 12.1 Å². The zero-order valence-corrected chi connectivity index (χ0v) is 21.5. The van der Waals surface area contributed by atoms with Crippen LogP contribution < -0.4 is 23.7 Å². The van der Waals surface area contributed by atoms with Crippen molar-refractivity contribution in [3.8, 4) is 28.7 Å². The van der Waals surface area contributed by atoms with Crippen molar-refractivity contribution in [3.05, 3.63) is 38.9 Å². The quantitative estimate of drug-likeness (QED) is 0.485. The summed E-state index contributed by atoms with van der Waals surface area (Å²) in [6.07, 6.45) is -0.564. The average Bonchev–Trinajstić information content (AvgIpc) is 3.50. The Labute approximate surface area is 217 Å². The van der Waals surface area contributed by atoms with Crippen LogP contribution in [0.4, 0.5) is 0 Å². The molecule has 0 aromatic heterocycles. The maximum Gasteiger partial charge on any atom is 0.310 e. The topological polar surface area (TPSA) is 98.8 Å². The Balaban J connectivity index is 1.81. The van der Waals surface area contributed by atoms with Gasteiger partial charge in [-0.15, -0.1) is 0 Å². The molecular weight excluding hydrogens is 515 g/mol. The Morgan fingerprint density at radius 1 is 0.944 bits per heavy atom. The zero-order chi connectivity index (χ0) is 25.7. The van der Waals surface area contributed by atoms with E-state index in [4.69, 9.17) is 56.4 Å². The van der Waals surface area contributed by atoms with Gasteiger partial charge < -0.3 is 33.2 Å². The number of fused-ring (bicyclic) bond motifs is 3. The van der Waals surface area contributed by atoms with Crippen LogP contribution in [-0.4, -0.2) is 46.7 Å². The molecule has 5 rings (SSSR count). The molecule has 11 heteroatoms. The van der Waals surface area contributed by atoms with Crippen molar-refractivity contribution >= 4 is 35.1 Å². The number of hydrogen-bond acceptors (Lipinski definition) is 9. The number of cyclic esters (lactones) is 1. The molecule has 9 nitrogen and oxygen atoms in total. The summed E-state index contributed by atoms with van der Waals surface area (Å²) in [6, 6.07) is 3.55. The number of ether oxygens (including phenoxy) is 7. The van der Waals surface area contributed by atoms with Crippen molar-refractivity contribution in [2.24, 2.45) is 11.8 Å². The summed E-state index contributed by atoms with van der Waals surface area (Å²) in [5, 5.41) is 0.326. The van der Waals surface area contributed by atoms with Crippen molar-refractivity contribution < 1.29 is 42.7 Å². The van der Waals surface area contributed by atoms with Crippen LogP contribution in [0.2, 0.25) is 10.0 Å². The highest BCUT2D eigenvalue weighted by Crippen LogP contribution is 2.60. The molecule has 3 aliphatic rings. The minimum Gasteiger partial charge on any atom is -0.491 e. The molecule has 0 unspecified atom stereocenters. The first-order chi connectivity index (χ1) is 17.4. The van der Waals surface area contributed by atoms with E-state index in [1.54, 1.807) is 19.1 Å². The SMILES string of the molecule is CCC(=O)O[C@@H]1c2cc3c(cc2[C@@H](c2c(Cl)c(OC)c(OC)c(OC)c2Cl)[C@H]2C(=O)OC[C@@H]21)OCO3. The zero-order valence-electron chi connectivity index (χ0n) is 20.0. The van der Waals surface area contributed by atoms with E-state index in [0.29, 0.717) is 28.2 Å². The van der Waals surface area contributed by atoms with Crippen LogP contribution in [0.25, 0.3) is 0 Å². The number of carbonyl (C=O) groups is 2. The summed E-state index contributed by atoms with van der Waals surface area (Å²) in [5.74, 6) is -1.15. The number of rotatable bonds is 6. The van der Waals surface area contributed by atoms with Crippen molar-refractivity contribution in [3.63, 3.8) is 0 Å². The standard InChI is InChI=1S/C25H24Cl2O9/c1-5-15(28)36-21-11-7-14-13(34-9-35-14)6-10(11)16(17-12(21)8-33-25(17)29)18-19(26)22(30-2)24(32-4)23(31-3)20(18)27/h6-7,12,16-17,21H,5,8-9H2,1-4H3/t12-,16+,17-,21+/m0/s1. The summed E-state index contributed by atoms with van der Waals surface area (Å²) >= 11 is 13.8. The lowest BCUT2D eigenvalue weighted by Gasteiger charge is -2.39. The molecular formula is C25H24Cl2O9. The van der Waals surface area contributed by atoms with Crippen molar-refractivity contribution in [1.29, 1.82) is 0 Å². The van der Waals surface area contributed by atoms with Gasteiger partial charge in [-0.1, -0.05) is 30.1 Å². The van der Waals surface area contributed by atoms with Crippen LogP contribution in [0, 0.1) is 11.8 Å². The smallest absolute Gasteiger partial charge is 0.310 e. The van der Waals surface area contributed by atoms with Gasteiger partial charge in [0.2, 0.25) is 12.5 Å². The lowest BCUT2D eigenvalue weighted by Crippen LogP contribution is -2.36. The predicted octanol–water partition coefficient (Wildman–Crippen LogP) is 4.68. The number of esters is 2.